The number of benzene rings is 1. The number of hydrogen-bond donors (Lipinski definition) is 1. The second-order valence-electron chi connectivity index (χ2n) is 3.72. The SMILES string of the molecule is CCCC(CN)Cc1cccc(Cl)c1. The van der Waals surface area contributed by atoms with Gasteiger partial charge in [-0.1, -0.05) is 37.1 Å². The summed E-state index contributed by atoms with van der Waals surface area (Å²) in [6.45, 7) is 2.96. The molecule has 0 fully saturated rings. The maximum atomic E-state index is 5.92. The lowest BCUT2D eigenvalue weighted by Gasteiger charge is -2.13. The molecule has 1 rings (SSSR count). The van der Waals surface area contributed by atoms with Gasteiger partial charge in [0.25, 0.3) is 0 Å². The molecular formula is C12H18ClN. The summed E-state index contributed by atoms with van der Waals surface area (Å²) in [7, 11) is 0. The van der Waals surface area contributed by atoms with E-state index in [0.29, 0.717) is 5.92 Å². The molecule has 0 bridgehead atoms. The molecule has 0 aliphatic rings. The first-order valence-electron chi connectivity index (χ1n) is 5.20. The lowest BCUT2D eigenvalue weighted by molar-refractivity contribution is 0.487. The molecule has 14 heavy (non-hydrogen) atoms. The fourth-order valence-electron chi connectivity index (χ4n) is 1.71. The van der Waals surface area contributed by atoms with Crippen LogP contribution in [0.5, 0.6) is 0 Å². The van der Waals surface area contributed by atoms with Crippen molar-refractivity contribution in [2.45, 2.75) is 26.2 Å². The molecule has 0 aromatic heterocycles. The maximum absolute atomic E-state index is 5.92. The summed E-state index contributed by atoms with van der Waals surface area (Å²) in [5.41, 5.74) is 7.00. The van der Waals surface area contributed by atoms with Crippen LogP contribution in [0.25, 0.3) is 0 Å². The normalized spacial score (nSPS) is 12.8. The molecule has 2 N–H and O–H groups in total. The minimum Gasteiger partial charge on any atom is -0.330 e. The smallest absolute Gasteiger partial charge is 0.0408 e. The third-order valence-corrected chi connectivity index (χ3v) is 2.68. The predicted octanol–water partition coefficient (Wildman–Crippen LogP) is 3.26. The Hall–Kier alpha value is -0.530. The average molecular weight is 212 g/mol. The molecule has 0 aliphatic heterocycles. The lowest BCUT2D eigenvalue weighted by Crippen LogP contribution is -2.16. The molecule has 1 aromatic rings. The van der Waals surface area contributed by atoms with E-state index in [0.717, 1.165) is 18.0 Å². The molecule has 0 amide bonds. The molecule has 1 aromatic carbocycles. The molecule has 1 nitrogen and oxygen atoms in total. The van der Waals surface area contributed by atoms with Gasteiger partial charge in [0.05, 0.1) is 0 Å². The van der Waals surface area contributed by atoms with Crippen molar-refractivity contribution in [1.82, 2.24) is 0 Å². The van der Waals surface area contributed by atoms with Crippen LogP contribution in [0.2, 0.25) is 5.02 Å². The van der Waals surface area contributed by atoms with E-state index in [2.05, 4.69) is 13.0 Å². The number of halogens is 1. The van der Waals surface area contributed by atoms with Gasteiger partial charge in [-0.3, -0.25) is 0 Å². The van der Waals surface area contributed by atoms with Gasteiger partial charge in [-0.25, -0.2) is 0 Å². The molecule has 1 unspecified atom stereocenters. The van der Waals surface area contributed by atoms with Crippen LogP contribution in [0.15, 0.2) is 24.3 Å². The van der Waals surface area contributed by atoms with Gasteiger partial charge in [-0.05, 0) is 43.0 Å². The predicted molar refractivity (Wildman–Crippen MR) is 62.6 cm³/mol. The summed E-state index contributed by atoms with van der Waals surface area (Å²) in [5.74, 6) is 0.596. The molecule has 0 heterocycles. The highest BCUT2D eigenvalue weighted by Crippen LogP contribution is 2.16. The highest BCUT2D eigenvalue weighted by Gasteiger charge is 2.06. The van der Waals surface area contributed by atoms with Crippen LogP contribution in [-0.2, 0) is 6.42 Å². The Balaban J connectivity index is 2.57. The molecule has 0 radical (unpaired) electrons. The van der Waals surface area contributed by atoms with Gasteiger partial charge in [0, 0.05) is 5.02 Å². The van der Waals surface area contributed by atoms with E-state index in [1.54, 1.807) is 0 Å². The molecule has 1 atom stereocenters. The van der Waals surface area contributed by atoms with E-state index in [9.17, 15) is 0 Å². The summed E-state index contributed by atoms with van der Waals surface area (Å²) in [6, 6.07) is 8.05. The fourth-order valence-corrected chi connectivity index (χ4v) is 1.92. The fraction of sp³-hybridized carbons (Fsp3) is 0.500. The van der Waals surface area contributed by atoms with Gasteiger partial charge in [0.2, 0.25) is 0 Å². The van der Waals surface area contributed by atoms with Crippen LogP contribution in [0.4, 0.5) is 0 Å². The van der Waals surface area contributed by atoms with Crippen LogP contribution in [0.3, 0.4) is 0 Å². The van der Waals surface area contributed by atoms with Crippen LogP contribution >= 0.6 is 11.6 Å². The molecule has 0 spiro atoms. The minimum absolute atomic E-state index is 0.596. The Kier molecular flexibility index (Phi) is 4.99. The van der Waals surface area contributed by atoms with Crippen molar-refractivity contribution >= 4 is 11.6 Å². The highest BCUT2D eigenvalue weighted by atomic mass is 35.5. The van der Waals surface area contributed by atoms with E-state index in [4.69, 9.17) is 17.3 Å². The van der Waals surface area contributed by atoms with E-state index in [-0.39, 0.29) is 0 Å². The van der Waals surface area contributed by atoms with Crippen molar-refractivity contribution in [3.8, 4) is 0 Å². The van der Waals surface area contributed by atoms with Gasteiger partial charge in [-0.15, -0.1) is 0 Å². The van der Waals surface area contributed by atoms with Crippen LogP contribution < -0.4 is 5.73 Å². The number of nitrogens with two attached hydrogens (primary N) is 1. The molecule has 0 aliphatic carbocycles. The topological polar surface area (TPSA) is 26.0 Å². The van der Waals surface area contributed by atoms with Crippen molar-refractivity contribution in [2.24, 2.45) is 11.7 Å². The van der Waals surface area contributed by atoms with Gasteiger partial charge in [0.1, 0.15) is 0 Å². The Bertz CT molecular complexity index is 273. The summed E-state index contributed by atoms with van der Waals surface area (Å²) in [6.07, 6.45) is 3.44. The van der Waals surface area contributed by atoms with Crippen molar-refractivity contribution in [1.29, 1.82) is 0 Å². The van der Waals surface area contributed by atoms with Crippen molar-refractivity contribution in [3.63, 3.8) is 0 Å². The Morgan fingerprint density at radius 2 is 2.21 bits per heavy atom. The maximum Gasteiger partial charge on any atom is 0.0408 e. The first-order chi connectivity index (χ1) is 6.76. The standard InChI is InChI=1S/C12H18ClN/c1-2-4-11(9-14)7-10-5-3-6-12(13)8-10/h3,5-6,8,11H,2,4,7,9,14H2,1H3. The van der Waals surface area contributed by atoms with Crippen molar-refractivity contribution in [2.75, 3.05) is 6.54 Å². The molecule has 0 saturated carbocycles. The molecular weight excluding hydrogens is 194 g/mol. The molecule has 2 heteroatoms. The third-order valence-electron chi connectivity index (χ3n) is 2.44. The highest BCUT2D eigenvalue weighted by molar-refractivity contribution is 6.30. The largest absolute Gasteiger partial charge is 0.330 e. The summed E-state index contributed by atoms with van der Waals surface area (Å²) < 4.78 is 0. The summed E-state index contributed by atoms with van der Waals surface area (Å²) >= 11 is 5.92. The van der Waals surface area contributed by atoms with Crippen LogP contribution in [0, 0.1) is 5.92 Å². The van der Waals surface area contributed by atoms with Crippen LogP contribution in [0.1, 0.15) is 25.3 Å². The number of hydrogen-bond acceptors (Lipinski definition) is 1. The minimum atomic E-state index is 0.596. The van der Waals surface area contributed by atoms with E-state index in [1.165, 1.54) is 18.4 Å². The first-order valence-corrected chi connectivity index (χ1v) is 5.58. The Labute approximate surface area is 91.3 Å². The van der Waals surface area contributed by atoms with Gasteiger partial charge >= 0.3 is 0 Å². The van der Waals surface area contributed by atoms with E-state index >= 15 is 0 Å². The zero-order valence-electron chi connectivity index (χ0n) is 8.67. The third kappa shape index (κ3) is 3.69. The quantitative estimate of drug-likeness (QED) is 0.795. The van der Waals surface area contributed by atoms with E-state index < -0.39 is 0 Å². The lowest BCUT2D eigenvalue weighted by atomic mass is 9.95. The van der Waals surface area contributed by atoms with Gasteiger partial charge in [0.15, 0.2) is 0 Å². The van der Waals surface area contributed by atoms with Gasteiger partial charge < -0.3 is 5.73 Å². The average Bonchev–Trinajstić information content (AvgIpc) is 2.17. The molecule has 0 saturated heterocycles. The zero-order valence-corrected chi connectivity index (χ0v) is 9.43. The van der Waals surface area contributed by atoms with Crippen molar-refractivity contribution < 1.29 is 0 Å². The van der Waals surface area contributed by atoms with Gasteiger partial charge in [-0.2, -0.15) is 0 Å². The molecule has 78 valence electrons. The number of rotatable bonds is 5. The second kappa shape index (κ2) is 6.05. The summed E-state index contributed by atoms with van der Waals surface area (Å²) in [4.78, 5) is 0. The van der Waals surface area contributed by atoms with E-state index in [1.807, 2.05) is 18.2 Å². The van der Waals surface area contributed by atoms with Crippen LogP contribution in [-0.4, -0.2) is 6.54 Å². The Morgan fingerprint density at radius 3 is 2.79 bits per heavy atom. The monoisotopic (exact) mass is 211 g/mol. The summed E-state index contributed by atoms with van der Waals surface area (Å²) in [5, 5.41) is 0.815. The zero-order chi connectivity index (χ0) is 10.4. The Morgan fingerprint density at radius 1 is 1.43 bits per heavy atom. The first kappa shape index (κ1) is 11.5. The van der Waals surface area contributed by atoms with Crippen molar-refractivity contribution in [3.05, 3.63) is 34.9 Å². The second-order valence-corrected chi connectivity index (χ2v) is 4.16.